The van der Waals surface area contributed by atoms with E-state index in [9.17, 15) is 19.8 Å². The number of aromatic nitrogens is 5. The number of rotatable bonds is 5. The molecule has 4 heterocycles. The molecule has 4 atom stereocenters. The number of aliphatic hydroxyl groups is 2. The number of carbonyl (C=O) groups excluding carboxylic acids is 2. The van der Waals surface area contributed by atoms with Crippen LogP contribution in [-0.2, 0) is 9.53 Å². The highest BCUT2D eigenvalue weighted by molar-refractivity contribution is 6.29. The van der Waals surface area contributed by atoms with Gasteiger partial charge in [-0.05, 0) is 30.9 Å². The Morgan fingerprint density at radius 3 is 2.73 bits per heavy atom. The lowest BCUT2D eigenvalue weighted by Gasteiger charge is -2.19. The van der Waals surface area contributed by atoms with E-state index >= 15 is 0 Å². The van der Waals surface area contributed by atoms with Gasteiger partial charge in [-0.15, -0.1) is 0 Å². The van der Waals surface area contributed by atoms with Crippen LogP contribution in [0.3, 0.4) is 0 Å². The summed E-state index contributed by atoms with van der Waals surface area (Å²) in [6, 6.07) is 3.26. The molecule has 1 aliphatic heterocycles. The van der Waals surface area contributed by atoms with Crippen molar-refractivity contribution in [3.05, 3.63) is 41.2 Å². The molecule has 14 heteroatoms. The molecule has 3 aromatic rings. The summed E-state index contributed by atoms with van der Waals surface area (Å²) in [5.74, 6) is 5.09. The molecule has 0 aromatic carbocycles. The number of nitrogens with zero attached hydrogens (tertiary/aromatic N) is 6. The van der Waals surface area contributed by atoms with Crippen LogP contribution in [0.1, 0.15) is 35.3 Å². The summed E-state index contributed by atoms with van der Waals surface area (Å²) in [6.07, 6.45) is -0.777. The molecule has 192 valence electrons. The molecule has 2 aliphatic rings. The SMILES string of the molecule is CNC(=O)[C@H]1O[C@@H](n2cnc3c(N)nc(C#CCN(C(=O)c4ccc(Cl)nc4)C4CC4)nc32)[C@H](O)C1O. The largest absolute Gasteiger partial charge is 0.387 e. The summed E-state index contributed by atoms with van der Waals surface area (Å²) in [5, 5.41) is 23.5. The Bertz CT molecular complexity index is 1410. The van der Waals surface area contributed by atoms with Crippen LogP contribution < -0.4 is 11.1 Å². The van der Waals surface area contributed by atoms with Crippen molar-refractivity contribution in [1.82, 2.24) is 34.7 Å². The van der Waals surface area contributed by atoms with E-state index in [4.69, 9.17) is 22.1 Å². The molecule has 2 fully saturated rings. The summed E-state index contributed by atoms with van der Waals surface area (Å²) in [7, 11) is 1.40. The lowest BCUT2D eigenvalue weighted by atomic mass is 10.1. The molecule has 5 N–H and O–H groups in total. The van der Waals surface area contributed by atoms with Crippen LogP contribution in [0.5, 0.6) is 0 Å². The van der Waals surface area contributed by atoms with Crippen LogP contribution >= 0.6 is 11.6 Å². The molecule has 0 bridgehead atoms. The Morgan fingerprint density at radius 1 is 1.27 bits per heavy atom. The first-order chi connectivity index (χ1) is 17.8. The first-order valence-electron chi connectivity index (χ1n) is 11.4. The zero-order chi connectivity index (χ0) is 26.3. The van der Waals surface area contributed by atoms with Gasteiger partial charge < -0.3 is 30.9 Å². The average molecular weight is 527 g/mol. The van der Waals surface area contributed by atoms with E-state index in [-0.39, 0.29) is 41.3 Å². The highest BCUT2D eigenvalue weighted by Crippen LogP contribution is 2.32. The van der Waals surface area contributed by atoms with E-state index in [1.165, 1.54) is 24.1 Å². The molecule has 0 radical (unpaired) electrons. The van der Waals surface area contributed by atoms with Crippen LogP contribution in [0.15, 0.2) is 24.7 Å². The minimum atomic E-state index is -1.46. The number of imidazole rings is 1. The van der Waals surface area contributed by atoms with Gasteiger partial charge in [0.15, 0.2) is 23.8 Å². The predicted molar refractivity (Wildman–Crippen MR) is 130 cm³/mol. The Morgan fingerprint density at radius 2 is 2.05 bits per heavy atom. The Labute approximate surface area is 215 Å². The minimum Gasteiger partial charge on any atom is -0.387 e. The number of hydrogen-bond acceptors (Lipinski definition) is 10. The fourth-order valence-corrected chi connectivity index (χ4v) is 4.17. The Balaban J connectivity index is 1.39. The summed E-state index contributed by atoms with van der Waals surface area (Å²) in [5.41, 5.74) is 6.92. The summed E-state index contributed by atoms with van der Waals surface area (Å²) < 4.78 is 6.97. The van der Waals surface area contributed by atoms with Crippen LogP contribution in [0, 0.1) is 11.8 Å². The molecule has 2 amide bonds. The van der Waals surface area contributed by atoms with E-state index < -0.39 is 30.4 Å². The number of nitrogens with two attached hydrogens (primary N) is 1. The van der Waals surface area contributed by atoms with Crippen molar-refractivity contribution in [3.8, 4) is 11.8 Å². The van der Waals surface area contributed by atoms with Crippen molar-refractivity contribution >= 4 is 40.4 Å². The van der Waals surface area contributed by atoms with E-state index in [0.29, 0.717) is 10.7 Å². The summed E-state index contributed by atoms with van der Waals surface area (Å²) in [6.45, 7) is 0.136. The van der Waals surface area contributed by atoms with Crippen molar-refractivity contribution in [3.63, 3.8) is 0 Å². The first kappa shape index (κ1) is 24.8. The van der Waals surface area contributed by atoms with Gasteiger partial charge in [0.05, 0.1) is 18.4 Å². The number of anilines is 1. The van der Waals surface area contributed by atoms with Gasteiger partial charge in [0.1, 0.15) is 22.9 Å². The predicted octanol–water partition coefficient (Wildman–Crippen LogP) is -0.522. The molecular formula is C23H23ClN8O5. The van der Waals surface area contributed by atoms with Crippen molar-refractivity contribution in [2.45, 2.75) is 43.4 Å². The zero-order valence-electron chi connectivity index (χ0n) is 19.6. The molecule has 13 nitrogen and oxygen atoms in total. The van der Waals surface area contributed by atoms with Gasteiger partial charge in [0.25, 0.3) is 11.8 Å². The summed E-state index contributed by atoms with van der Waals surface area (Å²) in [4.78, 5) is 43.3. The van der Waals surface area contributed by atoms with Crippen molar-refractivity contribution in [2.24, 2.45) is 0 Å². The topological polar surface area (TPSA) is 182 Å². The monoisotopic (exact) mass is 526 g/mol. The number of likely N-dealkylation sites (N-methyl/N-ethyl adjacent to an activating group) is 1. The first-order valence-corrected chi connectivity index (χ1v) is 11.8. The maximum Gasteiger partial charge on any atom is 0.256 e. The van der Waals surface area contributed by atoms with Gasteiger partial charge >= 0.3 is 0 Å². The molecule has 1 unspecified atom stereocenters. The third-order valence-corrected chi connectivity index (χ3v) is 6.36. The molecule has 3 aromatic heterocycles. The maximum atomic E-state index is 12.9. The highest BCUT2D eigenvalue weighted by Gasteiger charge is 2.47. The average Bonchev–Trinajstić information content (AvgIpc) is 3.58. The Hall–Kier alpha value is -3.83. The van der Waals surface area contributed by atoms with Crippen LogP contribution in [-0.4, -0.2) is 89.4 Å². The lowest BCUT2D eigenvalue weighted by molar-refractivity contribution is -0.137. The van der Waals surface area contributed by atoms with Gasteiger partial charge in [-0.25, -0.2) is 19.9 Å². The number of pyridine rings is 1. The van der Waals surface area contributed by atoms with Crippen molar-refractivity contribution in [2.75, 3.05) is 19.3 Å². The smallest absolute Gasteiger partial charge is 0.256 e. The van der Waals surface area contributed by atoms with Crippen LogP contribution in [0.2, 0.25) is 5.15 Å². The van der Waals surface area contributed by atoms with Crippen molar-refractivity contribution < 1.29 is 24.5 Å². The Kier molecular flexibility index (Phi) is 6.65. The van der Waals surface area contributed by atoms with Crippen molar-refractivity contribution in [1.29, 1.82) is 0 Å². The van der Waals surface area contributed by atoms with E-state index in [1.807, 2.05) is 0 Å². The molecule has 37 heavy (non-hydrogen) atoms. The minimum absolute atomic E-state index is 0.0475. The molecule has 5 rings (SSSR count). The standard InChI is InChI=1S/C23H23ClN8O5/c1-26-21(35)18-16(33)17(34)23(37-18)32-10-28-15-19(25)29-14(30-20(15)32)3-2-8-31(12-5-6-12)22(36)11-4-7-13(24)27-9-11/h4,7,9-10,12,16-18,23,33-34H,5-6,8H2,1H3,(H,26,35)(H2,25,29,30)/t16?,17-,18+,23-/m1/s1. The van der Waals surface area contributed by atoms with Gasteiger partial charge in [0, 0.05) is 19.3 Å². The van der Waals surface area contributed by atoms with Gasteiger partial charge in [0.2, 0.25) is 5.82 Å². The maximum absolute atomic E-state index is 12.9. The molecule has 1 saturated heterocycles. The number of nitrogen functional groups attached to an aromatic ring is 1. The second-order valence-electron chi connectivity index (χ2n) is 8.63. The zero-order valence-corrected chi connectivity index (χ0v) is 20.3. The number of amides is 2. The quantitative estimate of drug-likeness (QED) is 0.249. The molecular weight excluding hydrogens is 504 g/mol. The number of fused-ring (bicyclic) bond motifs is 1. The normalized spacial score (nSPS) is 22.9. The second kappa shape index (κ2) is 9.91. The second-order valence-corrected chi connectivity index (χ2v) is 9.02. The number of ether oxygens (including phenoxy) is 1. The number of carbonyl (C=O) groups is 2. The number of halogens is 1. The lowest BCUT2D eigenvalue weighted by Crippen LogP contribution is -2.41. The number of hydrogen-bond donors (Lipinski definition) is 4. The van der Waals surface area contributed by atoms with Crippen LogP contribution in [0.25, 0.3) is 11.2 Å². The molecule has 0 spiro atoms. The molecule has 1 saturated carbocycles. The van der Waals surface area contributed by atoms with Crippen LogP contribution in [0.4, 0.5) is 5.82 Å². The van der Waals surface area contributed by atoms with E-state index in [2.05, 4.69) is 37.1 Å². The fraction of sp³-hybridized carbons (Fsp3) is 0.391. The van der Waals surface area contributed by atoms with E-state index in [1.54, 1.807) is 17.0 Å². The third-order valence-electron chi connectivity index (χ3n) is 6.14. The van der Waals surface area contributed by atoms with Gasteiger partial charge in [-0.1, -0.05) is 17.5 Å². The van der Waals surface area contributed by atoms with Gasteiger partial charge in [-0.3, -0.25) is 14.2 Å². The number of nitrogens with one attached hydrogen (secondary N) is 1. The third kappa shape index (κ3) is 4.79. The fourth-order valence-electron chi connectivity index (χ4n) is 4.05. The summed E-state index contributed by atoms with van der Waals surface area (Å²) >= 11 is 5.82. The number of aliphatic hydroxyl groups excluding tert-OH is 2. The highest BCUT2D eigenvalue weighted by atomic mass is 35.5. The molecule has 1 aliphatic carbocycles. The van der Waals surface area contributed by atoms with E-state index in [0.717, 1.165) is 12.8 Å². The van der Waals surface area contributed by atoms with Gasteiger partial charge in [-0.2, -0.15) is 0 Å².